The lowest BCUT2D eigenvalue weighted by Crippen LogP contribution is -2.13. The molecule has 1 heterocycles. The van der Waals surface area contributed by atoms with Crippen molar-refractivity contribution >= 4 is 17.2 Å². The molecular formula is C17H20N2OS. The third-order valence-corrected chi connectivity index (χ3v) is 3.41. The number of aryl methyl sites for hydroxylation is 1. The van der Waals surface area contributed by atoms with Crippen LogP contribution in [0.5, 0.6) is 11.6 Å². The number of rotatable bonds is 3. The minimum atomic E-state index is -0.0118. The number of ether oxygens (including phenoxy) is 1. The second-order valence-corrected chi connectivity index (χ2v) is 6.54. The molecule has 0 bridgehead atoms. The van der Waals surface area contributed by atoms with Crippen LogP contribution in [-0.2, 0) is 5.41 Å². The minimum Gasteiger partial charge on any atom is -0.439 e. The fourth-order valence-corrected chi connectivity index (χ4v) is 2.18. The smallest absolute Gasteiger partial charge is 0.219 e. The van der Waals surface area contributed by atoms with Crippen molar-refractivity contribution < 1.29 is 4.74 Å². The van der Waals surface area contributed by atoms with Crippen molar-refractivity contribution in [3.8, 4) is 11.6 Å². The van der Waals surface area contributed by atoms with E-state index in [-0.39, 0.29) is 5.41 Å². The largest absolute Gasteiger partial charge is 0.439 e. The van der Waals surface area contributed by atoms with E-state index in [0.29, 0.717) is 10.9 Å². The highest BCUT2D eigenvalue weighted by Crippen LogP contribution is 2.34. The van der Waals surface area contributed by atoms with E-state index in [1.165, 1.54) is 5.56 Å². The fraction of sp³-hybridized carbons (Fsp3) is 0.294. The Bertz CT molecular complexity index is 675. The number of pyridine rings is 1. The van der Waals surface area contributed by atoms with Gasteiger partial charge in [0.15, 0.2) is 0 Å². The topological polar surface area (TPSA) is 48.1 Å². The molecule has 2 rings (SSSR count). The fourth-order valence-electron chi connectivity index (χ4n) is 2.05. The Morgan fingerprint density at radius 1 is 1.19 bits per heavy atom. The van der Waals surface area contributed by atoms with Crippen LogP contribution in [-0.4, -0.2) is 9.97 Å². The number of benzene rings is 1. The molecule has 0 saturated carbocycles. The van der Waals surface area contributed by atoms with Crippen molar-refractivity contribution in [2.45, 2.75) is 33.1 Å². The molecule has 2 N–H and O–H groups in total. The number of thiocarbonyl (C=S) groups is 1. The van der Waals surface area contributed by atoms with Gasteiger partial charge in [0.1, 0.15) is 10.7 Å². The van der Waals surface area contributed by atoms with Crippen molar-refractivity contribution in [1.82, 2.24) is 4.98 Å². The number of aromatic nitrogens is 1. The molecule has 0 aliphatic heterocycles. The first-order valence-electron chi connectivity index (χ1n) is 6.82. The SMILES string of the molecule is Cc1ccc(Oc2cc(C(N)=S)ccn2)c(C(C)(C)C)c1. The van der Waals surface area contributed by atoms with Crippen LogP contribution in [0.4, 0.5) is 0 Å². The van der Waals surface area contributed by atoms with Crippen LogP contribution in [0.1, 0.15) is 37.5 Å². The summed E-state index contributed by atoms with van der Waals surface area (Å²) in [4.78, 5) is 4.56. The summed E-state index contributed by atoms with van der Waals surface area (Å²) in [5, 5.41) is 0. The second-order valence-electron chi connectivity index (χ2n) is 6.10. The van der Waals surface area contributed by atoms with Gasteiger partial charge in [-0.05, 0) is 24.5 Å². The van der Waals surface area contributed by atoms with E-state index in [0.717, 1.165) is 16.9 Å². The van der Waals surface area contributed by atoms with Crippen LogP contribution in [0.15, 0.2) is 36.5 Å². The number of nitrogens with two attached hydrogens (primary N) is 1. The van der Waals surface area contributed by atoms with Gasteiger partial charge in [-0.25, -0.2) is 4.98 Å². The minimum absolute atomic E-state index is 0.0118. The van der Waals surface area contributed by atoms with Crippen LogP contribution in [0.2, 0.25) is 0 Å². The van der Waals surface area contributed by atoms with Crippen LogP contribution in [0.3, 0.4) is 0 Å². The zero-order valence-corrected chi connectivity index (χ0v) is 13.6. The molecule has 0 amide bonds. The van der Waals surface area contributed by atoms with E-state index in [4.69, 9.17) is 22.7 Å². The third-order valence-electron chi connectivity index (χ3n) is 3.18. The van der Waals surface area contributed by atoms with Gasteiger partial charge in [0, 0.05) is 23.4 Å². The van der Waals surface area contributed by atoms with Gasteiger partial charge in [0.05, 0.1) is 0 Å². The Kier molecular flexibility index (Phi) is 4.28. The second kappa shape index (κ2) is 5.82. The van der Waals surface area contributed by atoms with Crippen LogP contribution in [0, 0.1) is 6.92 Å². The predicted octanol–water partition coefficient (Wildman–Crippen LogP) is 4.11. The molecule has 0 spiro atoms. The highest BCUT2D eigenvalue weighted by Gasteiger charge is 2.19. The summed E-state index contributed by atoms with van der Waals surface area (Å²) in [6.07, 6.45) is 1.65. The van der Waals surface area contributed by atoms with Gasteiger partial charge in [0.2, 0.25) is 5.88 Å². The van der Waals surface area contributed by atoms with Gasteiger partial charge in [-0.3, -0.25) is 0 Å². The lowest BCUT2D eigenvalue weighted by molar-refractivity contribution is 0.439. The van der Waals surface area contributed by atoms with Crippen molar-refractivity contribution in [2.75, 3.05) is 0 Å². The zero-order valence-electron chi connectivity index (χ0n) is 12.8. The first-order chi connectivity index (χ1) is 9.77. The maximum Gasteiger partial charge on any atom is 0.219 e. The highest BCUT2D eigenvalue weighted by atomic mass is 32.1. The van der Waals surface area contributed by atoms with Crippen LogP contribution >= 0.6 is 12.2 Å². The maximum atomic E-state index is 5.96. The average Bonchev–Trinajstić information content (AvgIpc) is 2.40. The maximum absolute atomic E-state index is 5.96. The summed E-state index contributed by atoms with van der Waals surface area (Å²) in [5.41, 5.74) is 8.73. The lowest BCUT2D eigenvalue weighted by Gasteiger charge is -2.23. The lowest BCUT2D eigenvalue weighted by atomic mass is 9.85. The molecule has 0 saturated heterocycles. The summed E-state index contributed by atoms with van der Waals surface area (Å²) >= 11 is 4.98. The normalized spacial score (nSPS) is 11.2. The van der Waals surface area contributed by atoms with Gasteiger partial charge in [-0.2, -0.15) is 0 Å². The quantitative estimate of drug-likeness (QED) is 0.866. The van der Waals surface area contributed by atoms with Gasteiger partial charge in [-0.1, -0.05) is 50.7 Å². The van der Waals surface area contributed by atoms with E-state index in [1.807, 2.05) is 12.1 Å². The molecule has 110 valence electrons. The van der Waals surface area contributed by atoms with Crippen molar-refractivity contribution in [3.05, 3.63) is 53.2 Å². The summed E-state index contributed by atoms with van der Waals surface area (Å²) in [5.74, 6) is 1.30. The summed E-state index contributed by atoms with van der Waals surface area (Å²) < 4.78 is 5.96. The predicted molar refractivity (Wildman–Crippen MR) is 90.1 cm³/mol. The molecule has 1 aromatic carbocycles. The van der Waals surface area contributed by atoms with Crippen LogP contribution in [0.25, 0.3) is 0 Å². The molecule has 1 aromatic heterocycles. The third kappa shape index (κ3) is 3.79. The molecule has 0 aliphatic rings. The average molecular weight is 300 g/mol. The van der Waals surface area contributed by atoms with Crippen molar-refractivity contribution in [3.63, 3.8) is 0 Å². The van der Waals surface area contributed by atoms with Gasteiger partial charge in [0.25, 0.3) is 0 Å². The van der Waals surface area contributed by atoms with E-state index >= 15 is 0 Å². The number of hydrogen-bond acceptors (Lipinski definition) is 3. The summed E-state index contributed by atoms with van der Waals surface area (Å²) in [7, 11) is 0. The molecule has 0 fully saturated rings. The van der Waals surface area contributed by atoms with E-state index in [2.05, 4.69) is 38.7 Å². The Morgan fingerprint density at radius 2 is 1.90 bits per heavy atom. The summed E-state index contributed by atoms with van der Waals surface area (Å²) in [6.45, 7) is 8.55. The van der Waals surface area contributed by atoms with E-state index < -0.39 is 0 Å². The first-order valence-corrected chi connectivity index (χ1v) is 7.23. The molecular weight excluding hydrogens is 280 g/mol. The number of hydrogen-bond donors (Lipinski definition) is 1. The summed E-state index contributed by atoms with van der Waals surface area (Å²) in [6, 6.07) is 9.68. The zero-order chi connectivity index (χ0) is 15.6. The molecule has 0 aliphatic carbocycles. The van der Waals surface area contributed by atoms with Gasteiger partial charge >= 0.3 is 0 Å². The molecule has 0 atom stereocenters. The Labute approximate surface area is 131 Å². The monoisotopic (exact) mass is 300 g/mol. The molecule has 0 radical (unpaired) electrons. The molecule has 3 nitrogen and oxygen atoms in total. The number of nitrogens with zero attached hydrogens (tertiary/aromatic N) is 1. The van der Waals surface area contributed by atoms with E-state index in [1.54, 1.807) is 18.3 Å². The molecule has 4 heteroatoms. The molecule has 0 unspecified atom stereocenters. The molecule has 21 heavy (non-hydrogen) atoms. The van der Waals surface area contributed by atoms with Gasteiger partial charge in [-0.15, -0.1) is 0 Å². The van der Waals surface area contributed by atoms with Gasteiger partial charge < -0.3 is 10.5 Å². The van der Waals surface area contributed by atoms with Crippen molar-refractivity contribution in [1.29, 1.82) is 0 Å². The first kappa shape index (κ1) is 15.4. The van der Waals surface area contributed by atoms with E-state index in [9.17, 15) is 0 Å². The highest BCUT2D eigenvalue weighted by molar-refractivity contribution is 7.80. The van der Waals surface area contributed by atoms with Crippen molar-refractivity contribution in [2.24, 2.45) is 5.73 Å². The Balaban J connectivity index is 2.40. The van der Waals surface area contributed by atoms with Crippen LogP contribution < -0.4 is 10.5 Å². The standard InChI is InChI=1S/C17H20N2OS/c1-11-5-6-14(13(9-11)17(2,3)4)20-15-10-12(16(18)21)7-8-19-15/h5-10H,1-4H3,(H2,18,21). The molecule has 2 aromatic rings. The Morgan fingerprint density at radius 3 is 2.52 bits per heavy atom. The Hall–Kier alpha value is -1.94.